The van der Waals surface area contributed by atoms with Gasteiger partial charge in [-0.05, 0) is 90.0 Å². The average molecular weight is 870 g/mol. The maximum atomic E-state index is 12.6. The lowest BCUT2D eigenvalue weighted by molar-refractivity contribution is -0.153. The van der Waals surface area contributed by atoms with Crippen molar-refractivity contribution in [3.63, 3.8) is 0 Å². The highest BCUT2D eigenvalue weighted by Gasteiger charge is 2.18. The highest BCUT2D eigenvalue weighted by molar-refractivity contribution is 5.70. The quantitative estimate of drug-likeness (QED) is 0.0282. The Balaban J connectivity index is 4.40. The van der Waals surface area contributed by atoms with E-state index < -0.39 is 0 Å². The summed E-state index contributed by atoms with van der Waals surface area (Å²) in [5.74, 6) is -1.18. The second-order valence-corrected chi connectivity index (χ2v) is 17.6. The van der Waals surface area contributed by atoms with Gasteiger partial charge in [0.25, 0.3) is 0 Å². The van der Waals surface area contributed by atoms with Gasteiger partial charge in [-0.3, -0.25) is 14.4 Å². The Kier molecular flexibility index (Phi) is 48.8. The van der Waals surface area contributed by atoms with Crippen molar-refractivity contribution in [1.29, 1.82) is 0 Å². The van der Waals surface area contributed by atoms with E-state index in [2.05, 4.69) is 74.7 Å². The molecule has 1 N–H and O–H groups in total. The number of hydrogen-bond acceptors (Lipinski definition) is 7. The molecule has 0 saturated heterocycles. The van der Waals surface area contributed by atoms with E-state index in [1.54, 1.807) is 0 Å². The molecule has 0 aliphatic heterocycles. The third-order valence-electron chi connectivity index (χ3n) is 11.3. The third kappa shape index (κ3) is 48.4. The first-order chi connectivity index (χ1) is 30.5. The molecule has 0 unspecified atom stereocenters. The first kappa shape index (κ1) is 59.3. The zero-order valence-electron chi connectivity index (χ0n) is 40.9. The summed E-state index contributed by atoms with van der Waals surface area (Å²) >= 11 is 0. The summed E-state index contributed by atoms with van der Waals surface area (Å²) in [4.78, 5) is 37.8. The van der Waals surface area contributed by atoms with Crippen LogP contribution in [0.25, 0.3) is 0 Å². The molecule has 0 bridgehead atoms. The fraction of sp³-hybridized carbons (Fsp3) is 0.800. The van der Waals surface area contributed by atoms with Crippen LogP contribution in [0.3, 0.4) is 0 Å². The van der Waals surface area contributed by atoms with Crippen LogP contribution in [0, 0.1) is 5.92 Å². The van der Waals surface area contributed by atoms with Crippen LogP contribution >= 0.6 is 0 Å². The van der Waals surface area contributed by atoms with Crippen molar-refractivity contribution in [3.05, 3.63) is 48.6 Å². The van der Waals surface area contributed by atoms with Crippen LogP contribution in [0.4, 0.5) is 0 Å². The molecule has 0 aromatic carbocycles. The molecule has 0 amide bonds. The van der Waals surface area contributed by atoms with Gasteiger partial charge < -0.3 is 19.5 Å². The molecule has 0 aromatic heterocycles. The fourth-order valence-corrected chi connectivity index (χ4v) is 7.21. The summed E-state index contributed by atoms with van der Waals surface area (Å²) in [6, 6.07) is 0. The molecule has 0 heterocycles. The minimum atomic E-state index is -0.388. The number of ether oxygens (including phenoxy) is 3. The average Bonchev–Trinajstić information content (AvgIpc) is 3.27. The van der Waals surface area contributed by atoms with Crippen LogP contribution in [0.5, 0.6) is 0 Å². The zero-order valence-corrected chi connectivity index (χ0v) is 40.9. The molecule has 0 fully saturated rings. The summed E-state index contributed by atoms with van der Waals surface area (Å²) in [5.41, 5.74) is 0. The monoisotopic (exact) mass is 870 g/mol. The van der Waals surface area contributed by atoms with Gasteiger partial charge in [0.05, 0.1) is 12.3 Å². The Hall–Kier alpha value is -2.67. The van der Waals surface area contributed by atoms with Gasteiger partial charge in [-0.2, -0.15) is 0 Å². The first-order valence-electron chi connectivity index (χ1n) is 26.3. The Labute approximate surface area is 383 Å². The number of nitrogens with one attached hydrogen (secondary N) is 1. The molecule has 0 aliphatic carbocycles. The van der Waals surface area contributed by atoms with E-state index in [9.17, 15) is 14.4 Å². The van der Waals surface area contributed by atoms with Crippen LogP contribution in [0.15, 0.2) is 48.6 Å². The predicted octanol–water partition coefficient (Wildman–Crippen LogP) is 15.8. The van der Waals surface area contributed by atoms with Gasteiger partial charge in [0.15, 0.2) is 0 Å². The van der Waals surface area contributed by atoms with E-state index in [1.807, 2.05) is 0 Å². The normalized spacial score (nSPS) is 11.9. The zero-order chi connectivity index (χ0) is 45.1. The van der Waals surface area contributed by atoms with E-state index in [0.29, 0.717) is 19.4 Å². The van der Waals surface area contributed by atoms with Gasteiger partial charge in [0, 0.05) is 19.4 Å². The second-order valence-electron chi connectivity index (χ2n) is 17.6. The lowest BCUT2D eigenvalue weighted by Crippen LogP contribution is -2.27. The molecule has 7 nitrogen and oxygen atoms in total. The Bertz CT molecular complexity index is 1040. The predicted molar refractivity (Wildman–Crippen MR) is 264 cm³/mol. The topological polar surface area (TPSA) is 90.9 Å². The number of rotatable bonds is 48. The minimum Gasteiger partial charge on any atom is -0.465 e. The van der Waals surface area contributed by atoms with Crippen molar-refractivity contribution in [3.8, 4) is 0 Å². The molecule has 0 saturated carbocycles. The number of carbonyl (C=O) groups is 3. The molecule has 0 spiro atoms. The number of esters is 3. The van der Waals surface area contributed by atoms with Gasteiger partial charge >= 0.3 is 17.9 Å². The summed E-state index contributed by atoms with van der Waals surface area (Å²) in [7, 11) is 0. The standard InChI is InChI=1S/C55H99NO6/c1-4-7-10-13-16-19-22-24-26-28-30-32-35-38-41-44-53(57)60-49-52(51-62-55(59)46-48-56-47-43-40-37-34-21-18-15-12-9-6-3)50-61-54(58)45-42-39-36-33-31-29-27-25-23-20-17-14-11-8-5-2/h16-17,19-20,24-27,52,56H,4-15,18,21-23,28-51H2,1-3H3/b19-16-,20-17-,26-24-,27-25-. The van der Waals surface area contributed by atoms with Crippen molar-refractivity contribution in [2.75, 3.05) is 32.9 Å². The van der Waals surface area contributed by atoms with E-state index in [0.717, 1.165) is 90.0 Å². The Morgan fingerprint density at radius 2 is 0.661 bits per heavy atom. The Morgan fingerprint density at radius 1 is 0.355 bits per heavy atom. The van der Waals surface area contributed by atoms with Crippen LogP contribution in [0.1, 0.15) is 245 Å². The molecule has 0 aliphatic rings. The molecule has 0 radical (unpaired) electrons. The van der Waals surface area contributed by atoms with Crippen LogP contribution < -0.4 is 5.32 Å². The first-order valence-corrected chi connectivity index (χ1v) is 26.3. The van der Waals surface area contributed by atoms with Crippen LogP contribution in [-0.4, -0.2) is 50.8 Å². The molecular weight excluding hydrogens is 771 g/mol. The summed E-state index contributed by atoms with van der Waals surface area (Å²) < 4.78 is 16.8. The van der Waals surface area contributed by atoms with E-state index >= 15 is 0 Å². The van der Waals surface area contributed by atoms with Gasteiger partial charge in [-0.15, -0.1) is 0 Å². The highest BCUT2D eigenvalue weighted by atomic mass is 16.6. The van der Waals surface area contributed by atoms with Crippen molar-refractivity contribution in [2.24, 2.45) is 5.92 Å². The van der Waals surface area contributed by atoms with Crippen LogP contribution in [-0.2, 0) is 28.6 Å². The van der Waals surface area contributed by atoms with Gasteiger partial charge in [-0.25, -0.2) is 0 Å². The van der Waals surface area contributed by atoms with E-state index in [4.69, 9.17) is 14.2 Å². The van der Waals surface area contributed by atoms with Gasteiger partial charge in [0.1, 0.15) is 19.8 Å². The van der Waals surface area contributed by atoms with Gasteiger partial charge in [0.2, 0.25) is 0 Å². The minimum absolute atomic E-state index is 0.0607. The molecule has 360 valence electrons. The Morgan fingerprint density at radius 3 is 1.06 bits per heavy atom. The number of hydrogen-bond donors (Lipinski definition) is 1. The fourth-order valence-electron chi connectivity index (χ4n) is 7.21. The molecule has 62 heavy (non-hydrogen) atoms. The van der Waals surface area contributed by atoms with Crippen molar-refractivity contribution >= 4 is 17.9 Å². The van der Waals surface area contributed by atoms with E-state index in [-0.39, 0.29) is 50.1 Å². The molecule has 0 rings (SSSR count). The maximum absolute atomic E-state index is 12.6. The van der Waals surface area contributed by atoms with Gasteiger partial charge in [-0.1, -0.05) is 191 Å². The van der Waals surface area contributed by atoms with Crippen molar-refractivity contribution in [1.82, 2.24) is 5.32 Å². The third-order valence-corrected chi connectivity index (χ3v) is 11.3. The largest absolute Gasteiger partial charge is 0.465 e. The highest BCUT2D eigenvalue weighted by Crippen LogP contribution is 2.13. The van der Waals surface area contributed by atoms with Crippen molar-refractivity contribution < 1.29 is 28.6 Å². The lowest BCUT2D eigenvalue weighted by Gasteiger charge is -2.17. The molecule has 0 atom stereocenters. The number of carbonyl (C=O) groups excluding carboxylic acids is 3. The maximum Gasteiger partial charge on any atom is 0.307 e. The van der Waals surface area contributed by atoms with Crippen molar-refractivity contribution in [2.45, 2.75) is 245 Å². The molecule has 7 heteroatoms. The summed E-state index contributed by atoms with van der Waals surface area (Å²) in [6.45, 7) is 8.42. The number of allylic oxidation sites excluding steroid dienone is 8. The molecular formula is C55H99NO6. The smallest absolute Gasteiger partial charge is 0.307 e. The summed E-state index contributed by atoms with van der Waals surface area (Å²) in [5, 5.41) is 3.37. The lowest BCUT2D eigenvalue weighted by atomic mass is 10.1. The SMILES string of the molecule is CCCCC/C=C\C/C=C\CCCCCCCC(=O)OCC(COC(=O)CCCCCCC/C=C\C/C=C\CCCCC)COC(=O)CCNCCCCCCCCCCCC. The number of unbranched alkanes of at least 4 members (excludes halogenated alkanes) is 25. The van der Waals surface area contributed by atoms with Crippen LogP contribution in [0.2, 0.25) is 0 Å². The summed E-state index contributed by atoms with van der Waals surface area (Å²) in [6.07, 6.45) is 57.2. The van der Waals surface area contributed by atoms with E-state index in [1.165, 1.54) is 122 Å². The second kappa shape index (κ2) is 51.0. The molecule has 0 aromatic rings.